The fraction of sp³-hybridized carbons (Fsp3) is 0.474. The molecule has 0 saturated carbocycles. The molecule has 1 aliphatic rings. The third-order valence-corrected chi connectivity index (χ3v) is 4.04. The molecule has 0 unspecified atom stereocenters. The second kappa shape index (κ2) is 10.0. The van der Waals surface area contributed by atoms with E-state index in [2.05, 4.69) is 19.8 Å². The molecule has 10 heteroatoms. The normalized spacial score (nSPS) is 16.0. The number of nitrogens with zero attached hydrogens (tertiary/aromatic N) is 4. The number of methoxy groups -OCH3 is 1. The van der Waals surface area contributed by atoms with Gasteiger partial charge < -0.3 is 9.47 Å². The third kappa shape index (κ3) is 7.20. The van der Waals surface area contributed by atoms with Gasteiger partial charge in [0.25, 0.3) is 0 Å². The van der Waals surface area contributed by atoms with Crippen LogP contribution in [0.15, 0.2) is 40.2 Å². The number of carbonyl (C=O) groups is 1. The van der Waals surface area contributed by atoms with Crippen LogP contribution in [-0.2, 0) is 16.1 Å². The molecule has 0 bridgehead atoms. The van der Waals surface area contributed by atoms with Gasteiger partial charge in [0.05, 0.1) is 19.4 Å². The molecule has 2 rings (SSSR count). The molecule has 1 amide bonds. The summed E-state index contributed by atoms with van der Waals surface area (Å²) >= 11 is 0. The van der Waals surface area contributed by atoms with Crippen LogP contribution in [0.4, 0.5) is 13.2 Å². The number of hydrogen-bond acceptors (Lipinski definition) is 6. The van der Waals surface area contributed by atoms with Crippen LogP contribution in [0.25, 0.3) is 0 Å². The first-order chi connectivity index (χ1) is 13.7. The quantitative estimate of drug-likeness (QED) is 0.503. The van der Waals surface area contributed by atoms with Crippen molar-refractivity contribution >= 4 is 17.5 Å². The Morgan fingerprint density at radius 2 is 2.10 bits per heavy atom. The van der Waals surface area contributed by atoms with Crippen molar-refractivity contribution in [3.05, 3.63) is 35.7 Å². The largest absolute Gasteiger partial charge is 0.481 e. The van der Waals surface area contributed by atoms with Gasteiger partial charge in [0.2, 0.25) is 11.8 Å². The lowest BCUT2D eigenvalue weighted by atomic mass is 10.0. The summed E-state index contributed by atoms with van der Waals surface area (Å²) in [6, 6.07) is 3.50. The predicted molar refractivity (Wildman–Crippen MR) is 101 cm³/mol. The fourth-order valence-electron chi connectivity index (χ4n) is 2.51. The summed E-state index contributed by atoms with van der Waals surface area (Å²) in [5.74, 6) is 0.259. The second-order valence-corrected chi connectivity index (χ2v) is 6.27. The van der Waals surface area contributed by atoms with Gasteiger partial charge in [0, 0.05) is 38.2 Å². The predicted octanol–water partition coefficient (Wildman–Crippen LogP) is 3.86. The highest BCUT2D eigenvalue weighted by molar-refractivity contribution is 6.03. The van der Waals surface area contributed by atoms with E-state index in [1.54, 1.807) is 18.3 Å². The van der Waals surface area contributed by atoms with Crippen LogP contribution in [0.3, 0.4) is 0 Å². The maximum atomic E-state index is 12.2. The van der Waals surface area contributed by atoms with E-state index >= 15 is 0 Å². The lowest BCUT2D eigenvalue weighted by Gasteiger charge is -2.24. The summed E-state index contributed by atoms with van der Waals surface area (Å²) in [5, 5.41) is 5.78. The van der Waals surface area contributed by atoms with Gasteiger partial charge in [-0.1, -0.05) is 13.0 Å². The number of hydrogen-bond donors (Lipinski definition) is 0. The molecule has 0 saturated heterocycles. The Labute approximate surface area is 166 Å². The van der Waals surface area contributed by atoms with Crippen molar-refractivity contribution in [1.82, 2.24) is 9.99 Å². The molecule has 2 heterocycles. The third-order valence-electron chi connectivity index (χ3n) is 4.04. The first-order valence-corrected chi connectivity index (χ1v) is 9.02. The second-order valence-electron chi connectivity index (χ2n) is 6.27. The average molecular weight is 412 g/mol. The van der Waals surface area contributed by atoms with Crippen LogP contribution in [0, 0.1) is 0 Å². The Bertz CT molecular complexity index is 802. The molecule has 29 heavy (non-hydrogen) atoms. The Hall–Kier alpha value is -2.91. The van der Waals surface area contributed by atoms with Gasteiger partial charge in [-0.25, -0.2) is 15.0 Å². The van der Waals surface area contributed by atoms with Gasteiger partial charge in [0.15, 0.2) is 12.5 Å². The van der Waals surface area contributed by atoms with Crippen molar-refractivity contribution in [3.8, 4) is 5.88 Å². The zero-order valence-electron chi connectivity index (χ0n) is 16.5. The first-order valence-electron chi connectivity index (χ1n) is 9.02. The fourth-order valence-corrected chi connectivity index (χ4v) is 2.51. The van der Waals surface area contributed by atoms with Crippen LogP contribution >= 0.6 is 0 Å². The number of hydrazone groups is 1. The Morgan fingerprint density at radius 1 is 1.34 bits per heavy atom. The van der Waals surface area contributed by atoms with Gasteiger partial charge >= 0.3 is 6.18 Å². The number of allylic oxidation sites excluding steroid dienone is 1. The number of aromatic nitrogens is 1. The van der Waals surface area contributed by atoms with Crippen LogP contribution in [0.2, 0.25) is 0 Å². The van der Waals surface area contributed by atoms with Crippen molar-refractivity contribution in [1.29, 1.82) is 0 Å². The number of pyridine rings is 1. The summed E-state index contributed by atoms with van der Waals surface area (Å²) in [6.07, 6.45) is -0.0911. The van der Waals surface area contributed by atoms with Crippen LogP contribution < -0.4 is 4.74 Å². The Kier molecular flexibility index (Phi) is 7.74. The lowest BCUT2D eigenvalue weighted by molar-refractivity contribution is -0.156. The van der Waals surface area contributed by atoms with Gasteiger partial charge in [-0.3, -0.25) is 4.79 Å². The van der Waals surface area contributed by atoms with Gasteiger partial charge in [0.1, 0.15) is 0 Å². The molecule has 7 nitrogen and oxygen atoms in total. The molecular formula is C19H23F3N4O3. The van der Waals surface area contributed by atoms with Crippen molar-refractivity contribution in [2.45, 2.75) is 45.8 Å². The molecule has 0 atom stereocenters. The van der Waals surface area contributed by atoms with E-state index in [1.807, 2.05) is 6.92 Å². The molecule has 0 radical (unpaired) electrons. The minimum Gasteiger partial charge on any atom is -0.481 e. The number of alkyl halides is 3. The molecular weight excluding hydrogens is 389 g/mol. The van der Waals surface area contributed by atoms with E-state index < -0.39 is 12.8 Å². The molecule has 1 aromatic heterocycles. The minimum absolute atomic E-state index is 0.0954. The number of rotatable bonds is 7. The number of ether oxygens (including phenoxy) is 2. The molecule has 0 fully saturated rings. The highest BCUT2D eigenvalue weighted by Crippen LogP contribution is 2.20. The highest BCUT2D eigenvalue weighted by atomic mass is 19.4. The van der Waals surface area contributed by atoms with Crippen LogP contribution in [0.1, 0.15) is 38.7 Å². The van der Waals surface area contributed by atoms with Crippen molar-refractivity contribution in [2.24, 2.45) is 10.1 Å². The molecule has 158 valence electrons. The molecule has 0 spiro atoms. The van der Waals surface area contributed by atoms with Gasteiger partial charge in [-0.05, 0) is 17.6 Å². The van der Waals surface area contributed by atoms with E-state index in [9.17, 15) is 18.0 Å². The maximum absolute atomic E-state index is 12.2. The van der Waals surface area contributed by atoms with Crippen molar-refractivity contribution in [2.75, 3.05) is 13.7 Å². The summed E-state index contributed by atoms with van der Waals surface area (Å²) in [6.45, 7) is 2.10. The van der Waals surface area contributed by atoms with E-state index in [4.69, 9.17) is 4.74 Å². The average Bonchev–Trinajstić information content (AvgIpc) is 2.69. The molecule has 0 aromatic carbocycles. The Balaban J connectivity index is 2.12. The molecule has 0 aliphatic carbocycles. The van der Waals surface area contributed by atoms with Gasteiger partial charge in [-0.15, -0.1) is 0 Å². The number of halogens is 3. The highest BCUT2D eigenvalue weighted by Gasteiger charge is 2.28. The summed E-state index contributed by atoms with van der Waals surface area (Å²) in [4.78, 5) is 20.3. The molecule has 1 aliphatic heterocycles. The summed E-state index contributed by atoms with van der Waals surface area (Å²) < 4.78 is 46.2. The lowest BCUT2D eigenvalue weighted by Crippen LogP contribution is -2.31. The van der Waals surface area contributed by atoms with E-state index in [0.29, 0.717) is 24.4 Å². The number of amides is 1. The zero-order chi connectivity index (χ0) is 21.4. The molecule has 1 aromatic rings. The topological polar surface area (TPSA) is 76.4 Å². The smallest absolute Gasteiger partial charge is 0.422 e. The number of carbonyl (C=O) groups excluding carboxylic acids is 1. The van der Waals surface area contributed by atoms with Crippen LogP contribution in [0.5, 0.6) is 5.88 Å². The number of aliphatic imine (C=N–C) groups is 1. The molecule has 0 N–H and O–H groups in total. The van der Waals surface area contributed by atoms with E-state index in [0.717, 1.165) is 11.1 Å². The van der Waals surface area contributed by atoms with Gasteiger partial charge in [-0.2, -0.15) is 18.3 Å². The zero-order valence-corrected chi connectivity index (χ0v) is 16.5. The Morgan fingerprint density at radius 3 is 2.69 bits per heavy atom. The first kappa shape index (κ1) is 22.4. The standard InChI is InChI=1S/C19H23F3N4O3/c1-4-15(10-23-13(2)29-12-19(20,21)22)16-6-8-18(27)26(25-16)11-14-5-7-17(28-3)24-9-14/h5,7,9-10H,4,6,8,11-12H2,1-3H3/b15-10+,23-13?. The summed E-state index contributed by atoms with van der Waals surface area (Å²) in [7, 11) is 1.52. The monoisotopic (exact) mass is 412 g/mol. The van der Waals surface area contributed by atoms with Crippen molar-refractivity contribution < 1.29 is 27.4 Å². The maximum Gasteiger partial charge on any atom is 0.422 e. The van der Waals surface area contributed by atoms with Crippen molar-refractivity contribution in [3.63, 3.8) is 0 Å². The van der Waals surface area contributed by atoms with E-state index in [-0.39, 0.29) is 24.8 Å². The summed E-state index contributed by atoms with van der Waals surface area (Å²) in [5.41, 5.74) is 2.19. The minimum atomic E-state index is -4.42. The van der Waals surface area contributed by atoms with Crippen LogP contribution in [-0.4, -0.2) is 47.4 Å². The van der Waals surface area contributed by atoms with E-state index in [1.165, 1.54) is 25.2 Å². The SMILES string of the molecule is CC/C(=C\N=C(C)OCC(F)(F)F)C1=NN(Cc2ccc(OC)nc2)C(=O)CC1.